The molecule has 0 saturated carbocycles. The van der Waals surface area contributed by atoms with Gasteiger partial charge in [-0.15, -0.1) is 0 Å². The molecule has 3 rings (SSSR count). The summed E-state index contributed by atoms with van der Waals surface area (Å²) >= 11 is 0. The summed E-state index contributed by atoms with van der Waals surface area (Å²) in [7, 11) is 0. The average molecular weight is 443 g/mol. The number of amides is 3. The number of aliphatic hydroxyl groups excluding tert-OH is 1. The van der Waals surface area contributed by atoms with Gasteiger partial charge in [-0.05, 0) is 36.6 Å². The Morgan fingerprint density at radius 2 is 1.75 bits per heavy atom. The molecule has 4 atom stereocenters. The lowest BCUT2D eigenvalue weighted by Crippen LogP contribution is -2.53. The molecule has 1 aliphatic heterocycles. The Kier molecular flexibility index (Phi) is 7.32. The molecule has 7 nitrogen and oxygen atoms in total. The first-order valence-electron chi connectivity index (χ1n) is 10.0. The van der Waals surface area contributed by atoms with Gasteiger partial charge in [0.2, 0.25) is 11.8 Å². The second-order valence-electron chi connectivity index (χ2n) is 7.46. The fourth-order valence-electron chi connectivity index (χ4n) is 3.28. The Hall–Kier alpha value is -3.59. The smallest absolute Gasteiger partial charge is 0.254 e. The van der Waals surface area contributed by atoms with Gasteiger partial charge in [-0.2, -0.15) is 0 Å². The van der Waals surface area contributed by atoms with Gasteiger partial charge in [0.15, 0.2) is 6.10 Å². The quantitative estimate of drug-likeness (QED) is 0.511. The van der Waals surface area contributed by atoms with E-state index in [1.54, 1.807) is 6.08 Å². The van der Waals surface area contributed by atoms with Crippen molar-refractivity contribution in [3.63, 3.8) is 0 Å². The average Bonchev–Trinajstić information content (AvgIpc) is 2.94. The minimum atomic E-state index is -1.87. The second-order valence-corrected chi connectivity index (χ2v) is 7.46. The first-order valence-corrected chi connectivity index (χ1v) is 10.0. The molecular weight excluding hydrogens is 420 g/mol. The Balaban J connectivity index is 1.57. The normalized spacial score (nSPS) is 19.9. The maximum Gasteiger partial charge on any atom is 0.254 e. The molecular formula is C23H23F2N3O4. The summed E-state index contributed by atoms with van der Waals surface area (Å²) in [6, 6.07) is 9.30. The lowest BCUT2D eigenvalue weighted by molar-refractivity contribution is -0.135. The van der Waals surface area contributed by atoms with Crippen molar-refractivity contribution in [3.05, 3.63) is 83.4 Å². The van der Waals surface area contributed by atoms with E-state index >= 15 is 0 Å². The van der Waals surface area contributed by atoms with E-state index in [4.69, 9.17) is 0 Å². The lowest BCUT2D eigenvalue weighted by Gasteiger charge is -2.21. The molecule has 1 heterocycles. The van der Waals surface area contributed by atoms with Crippen LogP contribution in [0, 0.1) is 11.6 Å². The fourth-order valence-corrected chi connectivity index (χ4v) is 3.28. The summed E-state index contributed by atoms with van der Waals surface area (Å²) in [4.78, 5) is 37.3. The lowest BCUT2D eigenvalue weighted by atomic mass is 10.1. The Morgan fingerprint density at radius 3 is 2.41 bits per heavy atom. The minimum Gasteiger partial charge on any atom is -0.378 e. The van der Waals surface area contributed by atoms with Crippen molar-refractivity contribution in [3.8, 4) is 0 Å². The van der Waals surface area contributed by atoms with Crippen LogP contribution in [0.25, 0.3) is 0 Å². The summed E-state index contributed by atoms with van der Waals surface area (Å²) in [5, 5.41) is 17.7. The van der Waals surface area contributed by atoms with Crippen molar-refractivity contribution in [2.45, 2.75) is 37.6 Å². The second kappa shape index (κ2) is 10.1. The molecule has 2 aromatic carbocycles. The zero-order valence-electron chi connectivity index (χ0n) is 17.2. The summed E-state index contributed by atoms with van der Waals surface area (Å²) in [5.74, 6) is -3.93. The number of halogens is 2. The molecule has 1 aliphatic rings. The van der Waals surface area contributed by atoms with Crippen molar-refractivity contribution in [1.82, 2.24) is 16.0 Å². The van der Waals surface area contributed by atoms with E-state index in [-0.39, 0.29) is 23.9 Å². The van der Waals surface area contributed by atoms with E-state index < -0.39 is 41.6 Å². The number of benzene rings is 2. The van der Waals surface area contributed by atoms with Crippen LogP contribution in [0.3, 0.4) is 0 Å². The van der Waals surface area contributed by atoms with E-state index in [1.807, 2.05) is 36.4 Å². The Labute approximate surface area is 183 Å². The topological polar surface area (TPSA) is 108 Å². The van der Waals surface area contributed by atoms with Gasteiger partial charge >= 0.3 is 0 Å². The van der Waals surface area contributed by atoms with E-state index in [9.17, 15) is 28.3 Å². The van der Waals surface area contributed by atoms with Crippen molar-refractivity contribution in [2.75, 3.05) is 0 Å². The van der Waals surface area contributed by atoms with Crippen molar-refractivity contribution >= 4 is 17.7 Å². The standard InChI is InChI=1S/C23H23F2N3O4/c1-13(26-23(32)20(29)15-10-16(24)12-17(25)11-15)21(30)28-19-9-5-8-18(27-22(19)31)14-6-3-2-4-7-14/h2-8,10-13,18-20,29H,9H2,1H3,(H,26,32)(H,27,31)(H,28,30)/t13-,18-,19-,20+/m0/s1. The van der Waals surface area contributed by atoms with Gasteiger partial charge in [-0.25, -0.2) is 8.78 Å². The summed E-state index contributed by atoms with van der Waals surface area (Å²) in [6.45, 7) is 1.36. The number of carbonyl (C=O) groups is 3. The molecule has 3 amide bonds. The van der Waals surface area contributed by atoms with E-state index in [0.29, 0.717) is 6.07 Å². The summed E-state index contributed by atoms with van der Waals surface area (Å²) in [5.41, 5.74) is 0.611. The molecule has 4 N–H and O–H groups in total. The van der Waals surface area contributed by atoms with Crippen LogP contribution in [0.4, 0.5) is 8.78 Å². The van der Waals surface area contributed by atoms with Crippen LogP contribution in [-0.2, 0) is 14.4 Å². The van der Waals surface area contributed by atoms with Crippen LogP contribution in [-0.4, -0.2) is 34.9 Å². The predicted octanol–water partition coefficient (Wildman–Crippen LogP) is 1.81. The minimum absolute atomic E-state index is 0.257. The van der Waals surface area contributed by atoms with Crippen LogP contribution < -0.4 is 16.0 Å². The molecule has 0 unspecified atom stereocenters. The van der Waals surface area contributed by atoms with Gasteiger partial charge in [0.25, 0.3) is 5.91 Å². The molecule has 168 valence electrons. The molecule has 0 spiro atoms. The third-order valence-corrected chi connectivity index (χ3v) is 4.99. The van der Waals surface area contributed by atoms with Gasteiger partial charge in [0, 0.05) is 6.07 Å². The zero-order chi connectivity index (χ0) is 23.3. The number of nitrogens with one attached hydrogen (secondary N) is 3. The molecule has 2 aromatic rings. The van der Waals surface area contributed by atoms with Crippen molar-refractivity contribution < 1.29 is 28.3 Å². The van der Waals surface area contributed by atoms with E-state index in [1.165, 1.54) is 6.92 Å². The Bertz CT molecular complexity index is 1010. The highest BCUT2D eigenvalue weighted by Gasteiger charge is 2.28. The van der Waals surface area contributed by atoms with Crippen molar-refractivity contribution in [2.24, 2.45) is 0 Å². The van der Waals surface area contributed by atoms with Gasteiger partial charge in [-0.1, -0.05) is 42.5 Å². The molecule has 32 heavy (non-hydrogen) atoms. The SMILES string of the molecule is C[C@H](NC(=O)[C@H](O)c1cc(F)cc(F)c1)C(=O)N[C@H]1CC=C[C@@H](c2ccccc2)NC1=O. The molecule has 0 aromatic heterocycles. The Morgan fingerprint density at radius 1 is 1.09 bits per heavy atom. The number of aliphatic hydroxyl groups is 1. The van der Waals surface area contributed by atoms with Gasteiger partial charge in [0.1, 0.15) is 23.7 Å². The highest BCUT2D eigenvalue weighted by atomic mass is 19.1. The summed E-state index contributed by atoms with van der Waals surface area (Å²) < 4.78 is 26.6. The summed E-state index contributed by atoms with van der Waals surface area (Å²) in [6.07, 6.45) is 2.00. The highest BCUT2D eigenvalue weighted by molar-refractivity contribution is 5.93. The van der Waals surface area contributed by atoms with Crippen molar-refractivity contribution in [1.29, 1.82) is 0 Å². The number of carbonyl (C=O) groups excluding carboxylic acids is 3. The molecule has 0 saturated heterocycles. The zero-order valence-corrected chi connectivity index (χ0v) is 17.2. The largest absolute Gasteiger partial charge is 0.378 e. The third-order valence-electron chi connectivity index (χ3n) is 4.99. The van der Waals surface area contributed by atoms with Crippen LogP contribution in [0.1, 0.15) is 36.6 Å². The predicted molar refractivity (Wildman–Crippen MR) is 112 cm³/mol. The maximum absolute atomic E-state index is 13.3. The van der Waals surface area contributed by atoms with Gasteiger partial charge < -0.3 is 21.1 Å². The highest BCUT2D eigenvalue weighted by Crippen LogP contribution is 2.18. The van der Waals surface area contributed by atoms with Crippen LogP contribution in [0.5, 0.6) is 0 Å². The van der Waals surface area contributed by atoms with Crippen LogP contribution >= 0.6 is 0 Å². The van der Waals surface area contributed by atoms with Crippen LogP contribution in [0.15, 0.2) is 60.7 Å². The molecule has 0 radical (unpaired) electrons. The maximum atomic E-state index is 13.3. The van der Waals surface area contributed by atoms with Gasteiger partial charge in [-0.3, -0.25) is 14.4 Å². The monoisotopic (exact) mass is 443 g/mol. The third kappa shape index (κ3) is 5.76. The van der Waals surface area contributed by atoms with Crippen LogP contribution in [0.2, 0.25) is 0 Å². The van der Waals surface area contributed by atoms with Gasteiger partial charge in [0.05, 0.1) is 6.04 Å². The fraction of sp³-hybridized carbons (Fsp3) is 0.261. The molecule has 0 aliphatic carbocycles. The first kappa shape index (κ1) is 23.1. The number of hydrogen-bond acceptors (Lipinski definition) is 4. The number of rotatable bonds is 6. The molecule has 0 fully saturated rings. The molecule has 9 heteroatoms. The van der Waals surface area contributed by atoms with E-state index in [0.717, 1.165) is 17.7 Å². The number of hydrogen-bond donors (Lipinski definition) is 4. The van der Waals surface area contributed by atoms with E-state index in [2.05, 4.69) is 16.0 Å². The first-order chi connectivity index (χ1) is 15.2. The molecule has 0 bridgehead atoms.